The van der Waals surface area contributed by atoms with E-state index < -0.39 is 4.92 Å². The van der Waals surface area contributed by atoms with Gasteiger partial charge in [0.2, 0.25) is 0 Å². The van der Waals surface area contributed by atoms with Crippen LogP contribution < -0.4 is 9.64 Å². The van der Waals surface area contributed by atoms with Crippen LogP contribution in [0, 0.1) is 10.1 Å². The first-order valence-electron chi connectivity index (χ1n) is 9.66. The van der Waals surface area contributed by atoms with E-state index in [1.807, 2.05) is 67.7 Å². The molecule has 0 fully saturated rings. The Bertz CT molecular complexity index is 1120. The summed E-state index contributed by atoms with van der Waals surface area (Å²) >= 11 is 0. The van der Waals surface area contributed by atoms with Crippen LogP contribution >= 0.6 is 0 Å². The van der Waals surface area contributed by atoms with Crippen molar-refractivity contribution in [3.05, 3.63) is 100 Å². The van der Waals surface area contributed by atoms with Gasteiger partial charge < -0.3 is 9.64 Å². The standard InChI is InChI=1S/C24H21N3O3/c1-26-16-15-25-22(21-9-5-6-10-23(21)26)13-11-18-17-19(27(28)29)12-14-24(18)30-20-7-3-2-4-8-20/h2-14,17H,15-16H2,1H3. The molecule has 0 unspecified atom stereocenters. The number of ether oxygens (including phenoxy) is 1. The minimum Gasteiger partial charge on any atom is -0.457 e. The fraction of sp³-hybridized carbons (Fsp3) is 0.125. The number of non-ortho nitro benzene ring substituents is 1. The van der Waals surface area contributed by atoms with Gasteiger partial charge in [-0.3, -0.25) is 15.1 Å². The van der Waals surface area contributed by atoms with Gasteiger partial charge in [-0.05, 0) is 36.4 Å². The fourth-order valence-corrected chi connectivity index (χ4v) is 3.35. The molecule has 1 heterocycles. The monoisotopic (exact) mass is 399 g/mol. The Hall–Kier alpha value is -3.93. The number of aliphatic imine (C=N–C) groups is 1. The first kappa shape index (κ1) is 19.4. The molecule has 0 bridgehead atoms. The predicted octanol–water partition coefficient (Wildman–Crippen LogP) is 5.34. The molecule has 0 aliphatic carbocycles. The van der Waals surface area contributed by atoms with Crippen LogP contribution in [0.4, 0.5) is 11.4 Å². The van der Waals surface area contributed by atoms with Crippen LogP contribution in [0.2, 0.25) is 0 Å². The topological polar surface area (TPSA) is 68.0 Å². The molecule has 0 aromatic heterocycles. The second kappa shape index (κ2) is 8.61. The van der Waals surface area contributed by atoms with Crippen molar-refractivity contribution in [3.8, 4) is 11.5 Å². The molecule has 6 nitrogen and oxygen atoms in total. The highest BCUT2D eigenvalue weighted by Crippen LogP contribution is 2.30. The third kappa shape index (κ3) is 4.22. The minimum absolute atomic E-state index is 0.0120. The Morgan fingerprint density at radius 1 is 1.03 bits per heavy atom. The number of anilines is 1. The highest BCUT2D eigenvalue weighted by Gasteiger charge is 2.15. The van der Waals surface area contributed by atoms with Gasteiger partial charge in [0.05, 0.1) is 17.2 Å². The molecular weight excluding hydrogens is 378 g/mol. The number of nitro groups is 1. The van der Waals surface area contributed by atoms with Crippen molar-refractivity contribution in [3.63, 3.8) is 0 Å². The molecule has 3 aromatic rings. The van der Waals surface area contributed by atoms with E-state index in [-0.39, 0.29) is 5.69 Å². The van der Waals surface area contributed by atoms with Gasteiger partial charge in [-0.25, -0.2) is 0 Å². The lowest BCUT2D eigenvalue weighted by atomic mass is 10.1. The molecule has 0 saturated carbocycles. The zero-order valence-corrected chi connectivity index (χ0v) is 16.6. The third-order valence-corrected chi connectivity index (χ3v) is 4.90. The van der Waals surface area contributed by atoms with E-state index in [1.165, 1.54) is 12.1 Å². The molecule has 0 N–H and O–H groups in total. The maximum atomic E-state index is 11.3. The van der Waals surface area contributed by atoms with Gasteiger partial charge in [-0.1, -0.05) is 36.4 Å². The Labute approximate surface area is 174 Å². The zero-order valence-electron chi connectivity index (χ0n) is 16.6. The van der Waals surface area contributed by atoms with Gasteiger partial charge in [0.15, 0.2) is 0 Å². The number of nitrogens with zero attached hydrogens (tertiary/aromatic N) is 3. The number of para-hydroxylation sites is 2. The van der Waals surface area contributed by atoms with Crippen molar-refractivity contribution >= 4 is 23.2 Å². The molecule has 4 rings (SSSR count). The number of benzene rings is 3. The summed E-state index contributed by atoms with van der Waals surface area (Å²) in [4.78, 5) is 17.8. The van der Waals surface area contributed by atoms with Gasteiger partial charge in [0.25, 0.3) is 5.69 Å². The van der Waals surface area contributed by atoms with Crippen LogP contribution in [0.1, 0.15) is 11.1 Å². The summed E-state index contributed by atoms with van der Waals surface area (Å²) in [6.45, 7) is 1.50. The molecule has 3 aromatic carbocycles. The summed E-state index contributed by atoms with van der Waals surface area (Å²) in [5.74, 6) is 1.21. The average Bonchev–Trinajstić information content (AvgIpc) is 2.92. The van der Waals surface area contributed by atoms with Crippen LogP contribution in [0.5, 0.6) is 11.5 Å². The van der Waals surface area contributed by atoms with Crippen molar-refractivity contribution in [2.45, 2.75) is 0 Å². The summed E-state index contributed by atoms with van der Waals surface area (Å²) in [6, 6.07) is 22.0. The predicted molar refractivity (Wildman–Crippen MR) is 120 cm³/mol. The zero-order chi connectivity index (χ0) is 20.9. The molecular formula is C24H21N3O3. The normalized spacial score (nSPS) is 13.5. The van der Waals surface area contributed by atoms with Crippen LogP contribution in [0.25, 0.3) is 6.08 Å². The minimum atomic E-state index is -0.406. The molecule has 150 valence electrons. The van der Waals surface area contributed by atoms with Gasteiger partial charge in [-0.15, -0.1) is 0 Å². The fourth-order valence-electron chi connectivity index (χ4n) is 3.35. The summed E-state index contributed by atoms with van der Waals surface area (Å²) in [5, 5.41) is 11.3. The molecule has 0 spiro atoms. The summed E-state index contributed by atoms with van der Waals surface area (Å²) < 4.78 is 5.97. The first-order chi connectivity index (χ1) is 14.6. The third-order valence-electron chi connectivity index (χ3n) is 4.90. The maximum Gasteiger partial charge on any atom is 0.270 e. The lowest BCUT2D eigenvalue weighted by molar-refractivity contribution is -0.384. The SMILES string of the molecule is CN1CCN=C(C=Cc2cc([N+](=O)[O-])ccc2Oc2ccccc2)c2ccccc21. The van der Waals surface area contributed by atoms with Crippen molar-refractivity contribution in [1.82, 2.24) is 0 Å². The van der Waals surface area contributed by atoms with E-state index in [0.717, 1.165) is 23.5 Å². The highest BCUT2D eigenvalue weighted by molar-refractivity contribution is 6.14. The molecule has 1 aliphatic heterocycles. The second-order valence-corrected chi connectivity index (χ2v) is 6.93. The second-order valence-electron chi connectivity index (χ2n) is 6.93. The number of allylic oxidation sites excluding steroid dienone is 1. The molecule has 1 aliphatic rings. The number of fused-ring (bicyclic) bond motifs is 1. The van der Waals surface area contributed by atoms with Crippen LogP contribution in [-0.2, 0) is 0 Å². The van der Waals surface area contributed by atoms with Crippen molar-refractivity contribution in [2.75, 3.05) is 25.0 Å². The van der Waals surface area contributed by atoms with Gasteiger partial charge in [0, 0.05) is 42.5 Å². The maximum absolute atomic E-state index is 11.3. The van der Waals surface area contributed by atoms with Gasteiger partial charge in [0.1, 0.15) is 11.5 Å². The van der Waals surface area contributed by atoms with Crippen molar-refractivity contribution < 1.29 is 9.66 Å². The molecule has 0 saturated heterocycles. The quantitative estimate of drug-likeness (QED) is 0.429. The molecule has 0 amide bonds. The highest BCUT2D eigenvalue weighted by atomic mass is 16.6. The van der Waals surface area contributed by atoms with E-state index >= 15 is 0 Å². The van der Waals surface area contributed by atoms with Crippen LogP contribution in [-0.4, -0.2) is 30.8 Å². The lowest BCUT2D eigenvalue weighted by Gasteiger charge is -2.18. The number of nitro benzene ring substituents is 1. The van der Waals surface area contributed by atoms with E-state index in [1.54, 1.807) is 6.07 Å². The largest absolute Gasteiger partial charge is 0.457 e. The number of benzodiazepines with no additional fused rings is 1. The van der Waals surface area contributed by atoms with Crippen LogP contribution in [0.3, 0.4) is 0 Å². The summed E-state index contributed by atoms with van der Waals surface area (Å²) in [6.07, 6.45) is 3.72. The van der Waals surface area contributed by atoms with Crippen molar-refractivity contribution in [1.29, 1.82) is 0 Å². The molecule has 0 atom stereocenters. The Balaban J connectivity index is 1.71. The summed E-state index contributed by atoms with van der Waals surface area (Å²) in [5.41, 5.74) is 3.61. The van der Waals surface area contributed by atoms with E-state index in [2.05, 4.69) is 11.0 Å². The van der Waals surface area contributed by atoms with E-state index in [9.17, 15) is 10.1 Å². The Kier molecular flexibility index (Phi) is 5.57. The van der Waals surface area contributed by atoms with E-state index in [4.69, 9.17) is 9.73 Å². The molecule has 0 radical (unpaired) electrons. The Morgan fingerprint density at radius 3 is 2.60 bits per heavy atom. The first-order valence-corrected chi connectivity index (χ1v) is 9.66. The number of hydrogen-bond acceptors (Lipinski definition) is 5. The average molecular weight is 399 g/mol. The molecule has 6 heteroatoms. The Morgan fingerprint density at radius 2 is 1.80 bits per heavy atom. The number of likely N-dealkylation sites (N-methyl/N-ethyl adjacent to an activating group) is 1. The smallest absolute Gasteiger partial charge is 0.270 e. The van der Waals surface area contributed by atoms with Crippen LogP contribution in [0.15, 0.2) is 83.9 Å². The number of rotatable bonds is 5. The summed E-state index contributed by atoms with van der Waals surface area (Å²) in [7, 11) is 2.05. The lowest BCUT2D eigenvalue weighted by Crippen LogP contribution is -2.20. The molecule has 30 heavy (non-hydrogen) atoms. The van der Waals surface area contributed by atoms with Gasteiger partial charge in [-0.2, -0.15) is 0 Å². The van der Waals surface area contributed by atoms with Crippen molar-refractivity contribution in [2.24, 2.45) is 4.99 Å². The van der Waals surface area contributed by atoms with Gasteiger partial charge >= 0.3 is 0 Å². The number of hydrogen-bond donors (Lipinski definition) is 0. The van der Waals surface area contributed by atoms with E-state index in [0.29, 0.717) is 23.6 Å².